The van der Waals surface area contributed by atoms with Gasteiger partial charge in [-0.15, -0.1) is 10.2 Å². The van der Waals surface area contributed by atoms with E-state index in [1.165, 1.54) is 17.5 Å². The minimum absolute atomic E-state index is 0.0873. The van der Waals surface area contributed by atoms with Crippen LogP contribution < -0.4 is 11.1 Å². The van der Waals surface area contributed by atoms with Crippen molar-refractivity contribution in [1.82, 2.24) is 30.2 Å². The van der Waals surface area contributed by atoms with Crippen LogP contribution in [0.25, 0.3) is 21.5 Å². The van der Waals surface area contributed by atoms with Gasteiger partial charge >= 0.3 is 0 Å². The van der Waals surface area contributed by atoms with E-state index in [-0.39, 0.29) is 17.8 Å². The number of hydrogen-bond donors (Lipinski definition) is 3. The van der Waals surface area contributed by atoms with Gasteiger partial charge in [0.15, 0.2) is 5.78 Å². The Morgan fingerprint density at radius 1 is 1.18 bits per heavy atom. The number of nitrogens with two attached hydrogens (primary N) is 1. The Morgan fingerprint density at radius 2 is 2.03 bits per heavy atom. The summed E-state index contributed by atoms with van der Waals surface area (Å²) in [4.78, 5) is 24.6. The Kier molecular flexibility index (Phi) is 5.56. The van der Waals surface area contributed by atoms with E-state index in [0.29, 0.717) is 37.5 Å². The number of anilines is 2. The molecule has 0 aliphatic heterocycles. The third-order valence-electron chi connectivity index (χ3n) is 5.14. The average molecular weight is 493 g/mol. The van der Waals surface area contributed by atoms with Crippen LogP contribution in [-0.4, -0.2) is 41.9 Å². The highest BCUT2D eigenvalue weighted by Gasteiger charge is 2.16. The molecular weight excluding hydrogens is 476 g/mol. The number of H-pyrrole nitrogens is 1. The smallest absolute Gasteiger partial charge is 0.248 e. The lowest BCUT2D eigenvalue weighted by atomic mass is 10.00. The summed E-state index contributed by atoms with van der Waals surface area (Å²) in [7, 11) is 1.74. The van der Waals surface area contributed by atoms with E-state index in [9.17, 15) is 9.59 Å². The summed E-state index contributed by atoms with van der Waals surface area (Å²) in [6, 6.07) is 8.73. The van der Waals surface area contributed by atoms with Crippen LogP contribution in [0.15, 0.2) is 48.9 Å². The number of aromatic nitrogens is 6. The normalized spacial score (nSPS) is 11.1. The maximum Gasteiger partial charge on any atom is 0.248 e. The highest BCUT2D eigenvalue weighted by Crippen LogP contribution is 2.35. The van der Waals surface area contributed by atoms with E-state index in [4.69, 9.17) is 17.3 Å². The topological polar surface area (TPSA) is 144 Å². The zero-order valence-electron chi connectivity index (χ0n) is 17.7. The molecule has 0 aliphatic carbocycles. The van der Waals surface area contributed by atoms with Gasteiger partial charge in [-0.05, 0) is 35.9 Å². The Balaban J connectivity index is 1.43. The molecule has 0 atom stereocenters. The Morgan fingerprint density at radius 3 is 2.79 bits per heavy atom. The molecule has 12 heteroatoms. The van der Waals surface area contributed by atoms with Crippen molar-refractivity contribution < 1.29 is 9.59 Å². The summed E-state index contributed by atoms with van der Waals surface area (Å²) in [5, 5.41) is 24.9. The zero-order valence-corrected chi connectivity index (χ0v) is 19.3. The molecule has 5 rings (SSSR count). The second-order valence-corrected chi connectivity index (χ2v) is 8.94. The standard InChI is InChI=1S/C22H17ClN8O2S/c1-31-10-14(8-26-31)18(32)6-11-4-12(20(24)33)7-13(5-11)21-29-30-22(34-21)27-17-3-2-16-15(19(17)23)9-25-28-16/h2-5,7-10H,6H2,1H3,(H2,24,33)(H,25,28)(H,27,30). The molecule has 5 aromatic rings. The lowest BCUT2D eigenvalue weighted by Crippen LogP contribution is -2.12. The molecule has 0 bridgehead atoms. The quantitative estimate of drug-likeness (QED) is 0.293. The number of rotatable bonds is 7. The first-order valence-electron chi connectivity index (χ1n) is 10.1. The van der Waals surface area contributed by atoms with Crippen LogP contribution in [0.3, 0.4) is 0 Å². The summed E-state index contributed by atoms with van der Waals surface area (Å²) in [5.74, 6) is -0.718. The Bertz CT molecular complexity index is 1550. The van der Waals surface area contributed by atoms with Gasteiger partial charge in [-0.2, -0.15) is 10.2 Å². The number of hydrogen-bond acceptors (Lipinski definition) is 8. The van der Waals surface area contributed by atoms with Crippen LogP contribution in [0.4, 0.5) is 10.8 Å². The fourth-order valence-electron chi connectivity index (χ4n) is 3.50. The number of fused-ring (bicyclic) bond motifs is 1. The van der Waals surface area contributed by atoms with Crippen LogP contribution in [-0.2, 0) is 13.5 Å². The number of halogens is 1. The van der Waals surface area contributed by atoms with Crippen LogP contribution in [0.1, 0.15) is 26.3 Å². The van der Waals surface area contributed by atoms with Crippen LogP contribution in [0.2, 0.25) is 5.02 Å². The Labute approximate surface area is 201 Å². The van der Waals surface area contributed by atoms with Crippen LogP contribution >= 0.6 is 22.9 Å². The number of carbonyl (C=O) groups excluding carboxylic acids is 2. The van der Waals surface area contributed by atoms with Gasteiger partial charge in [-0.25, -0.2) is 0 Å². The molecule has 0 fully saturated rings. The summed E-state index contributed by atoms with van der Waals surface area (Å²) < 4.78 is 1.56. The zero-order chi connectivity index (χ0) is 23.8. The van der Waals surface area contributed by atoms with Gasteiger partial charge in [-0.1, -0.05) is 22.9 Å². The molecular formula is C22H17ClN8O2S. The van der Waals surface area contributed by atoms with Crippen molar-refractivity contribution in [2.75, 3.05) is 5.32 Å². The number of aryl methyl sites for hydroxylation is 1. The fourth-order valence-corrected chi connectivity index (χ4v) is 4.50. The number of amides is 1. The molecule has 0 unspecified atom stereocenters. The van der Waals surface area contributed by atoms with Gasteiger partial charge in [0, 0.05) is 36.2 Å². The number of benzene rings is 2. The number of carbonyl (C=O) groups is 2. The lowest BCUT2D eigenvalue weighted by molar-refractivity contribution is 0.0984. The van der Waals surface area contributed by atoms with E-state index in [2.05, 4.69) is 30.8 Å². The van der Waals surface area contributed by atoms with E-state index in [1.54, 1.807) is 42.3 Å². The molecule has 3 aromatic heterocycles. The van der Waals surface area contributed by atoms with Crippen molar-refractivity contribution in [1.29, 1.82) is 0 Å². The SMILES string of the molecule is Cn1cc(C(=O)Cc2cc(C(N)=O)cc(-c3nnc(Nc4ccc5[nH]ncc5c4Cl)s3)c2)cn1. The summed E-state index contributed by atoms with van der Waals surface area (Å²) in [6.45, 7) is 0. The molecule has 1 amide bonds. The van der Waals surface area contributed by atoms with Gasteiger partial charge in [0.1, 0.15) is 5.01 Å². The molecule has 0 spiro atoms. The maximum absolute atomic E-state index is 12.6. The highest BCUT2D eigenvalue weighted by molar-refractivity contribution is 7.18. The minimum atomic E-state index is -0.597. The molecule has 0 saturated heterocycles. The number of Topliss-reactive ketones (excluding diaryl/α,β-unsaturated/α-hetero) is 1. The average Bonchev–Trinajstić information content (AvgIpc) is 3.56. The van der Waals surface area contributed by atoms with Gasteiger partial charge in [-0.3, -0.25) is 19.4 Å². The van der Waals surface area contributed by atoms with Crippen molar-refractivity contribution in [3.8, 4) is 10.6 Å². The van der Waals surface area contributed by atoms with Crippen LogP contribution in [0.5, 0.6) is 0 Å². The summed E-state index contributed by atoms with van der Waals surface area (Å²) in [5.41, 5.74) is 9.05. The largest absolute Gasteiger partial charge is 0.366 e. The van der Waals surface area contributed by atoms with Crippen molar-refractivity contribution in [2.24, 2.45) is 12.8 Å². The van der Waals surface area contributed by atoms with E-state index in [0.717, 1.165) is 10.9 Å². The van der Waals surface area contributed by atoms with Gasteiger partial charge < -0.3 is 11.1 Å². The van der Waals surface area contributed by atoms with Crippen molar-refractivity contribution in [2.45, 2.75) is 6.42 Å². The number of aromatic amines is 1. The lowest BCUT2D eigenvalue weighted by Gasteiger charge is -2.06. The molecule has 34 heavy (non-hydrogen) atoms. The minimum Gasteiger partial charge on any atom is -0.366 e. The number of primary amides is 1. The van der Waals surface area contributed by atoms with E-state index in [1.807, 2.05) is 12.1 Å². The second kappa shape index (κ2) is 8.69. The first-order chi connectivity index (χ1) is 16.4. The molecule has 0 saturated carbocycles. The predicted molar refractivity (Wildman–Crippen MR) is 129 cm³/mol. The molecule has 0 aliphatic rings. The highest BCUT2D eigenvalue weighted by atomic mass is 35.5. The predicted octanol–water partition coefficient (Wildman–Crippen LogP) is 3.74. The fraction of sp³-hybridized carbons (Fsp3) is 0.0909. The van der Waals surface area contributed by atoms with Crippen molar-refractivity contribution in [3.05, 3.63) is 70.6 Å². The molecule has 10 nitrogen and oxygen atoms in total. The third kappa shape index (κ3) is 4.26. The molecule has 2 aromatic carbocycles. The number of ketones is 1. The second-order valence-electron chi connectivity index (χ2n) is 7.58. The molecule has 4 N–H and O–H groups in total. The monoisotopic (exact) mass is 492 g/mol. The Hall–Kier alpha value is -4.09. The van der Waals surface area contributed by atoms with E-state index >= 15 is 0 Å². The van der Waals surface area contributed by atoms with Crippen LogP contribution in [0, 0.1) is 0 Å². The van der Waals surface area contributed by atoms with Gasteiger partial charge in [0.25, 0.3) is 0 Å². The number of nitrogens with zero attached hydrogens (tertiary/aromatic N) is 5. The maximum atomic E-state index is 12.6. The number of nitrogens with one attached hydrogen (secondary N) is 2. The van der Waals surface area contributed by atoms with Gasteiger partial charge in [0.2, 0.25) is 11.0 Å². The third-order valence-corrected chi connectivity index (χ3v) is 6.44. The van der Waals surface area contributed by atoms with Crippen molar-refractivity contribution >= 4 is 56.4 Å². The molecule has 170 valence electrons. The summed E-state index contributed by atoms with van der Waals surface area (Å²) >= 11 is 7.76. The van der Waals surface area contributed by atoms with Gasteiger partial charge in [0.05, 0.1) is 34.2 Å². The van der Waals surface area contributed by atoms with E-state index < -0.39 is 5.91 Å². The first-order valence-corrected chi connectivity index (χ1v) is 11.2. The molecule has 3 heterocycles. The van der Waals surface area contributed by atoms with Crippen molar-refractivity contribution in [3.63, 3.8) is 0 Å². The molecule has 0 radical (unpaired) electrons. The first kappa shape index (κ1) is 21.7. The summed E-state index contributed by atoms with van der Waals surface area (Å²) in [6.07, 6.45) is 4.90.